The normalized spacial score (nSPS) is 25.2. The van der Waals surface area contributed by atoms with E-state index in [1.807, 2.05) is 0 Å². The highest BCUT2D eigenvalue weighted by Crippen LogP contribution is 2.29. The third-order valence-corrected chi connectivity index (χ3v) is 7.60. The van der Waals surface area contributed by atoms with Crippen molar-refractivity contribution >= 4 is 48.9 Å². The second-order valence-corrected chi connectivity index (χ2v) is 8.89. The molecule has 1 heterocycles. The Morgan fingerprint density at radius 1 is 1.50 bits per heavy atom. The van der Waals surface area contributed by atoms with Crippen molar-refractivity contribution in [2.45, 2.75) is 35.3 Å². The van der Waals surface area contributed by atoms with Gasteiger partial charge in [-0.15, -0.1) is 22.9 Å². The maximum Gasteiger partial charge on any atom is 0.251 e. The molecule has 0 bridgehead atoms. The number of alkyl halides is 1. The summed E-state index contributed by atoms with van der Waals surface area (Å²) in [5.41, 5.74) is 0. The van der Waals surface area contributed by atoms with Crippen molar-refractivity contribution in [1.82, 2.24) is 4.72 Å². The van der Waals surface area contributed by atoms with Crippen molar-refractivity contribution in [2.75, 3.05) is 6.54 Å². The molecule has 0 saturated heterocycles. The van der Waals surface area contributed by atoms with Gasteiger partial charge in [0.25, 0.3) is 10.0 Å². The van der Waals surface area contributed by atoms with Crippen LogP contribution in [0.4, 0.5) is 0 Å². The minimum absolute atomic E-state index is 0.196. The highest BCUT2D eigenvalue weighted by atomic mass is 79.9. The Balaban J connectivity index is 1.95. The molecule has 2 atom stereocenters. The van der Waals surface area contributed by atoms with E-state index >= 15 is 0 Å². The molecule has 1 aromatic rings. The Hall–Kier alpha value is 0.380. The molecule has 2 unspecified atom stereocenters. The molecular formula is C11H15BrClNO2S2. The van der Waals surface area contributed by atoms with Crippen LogP contribution in [0.2, 0.25) is 0 Å². The van der Waals surface area contributed by atoms with Gasteiger partial charge in [-0.2, -0.15) is 0 Å². The van der Waals surface area contributed by atoms with E-state index in [4.69, 9.17) is 11.6 Å². The summed E-state index contributed by atoms with van der Waals surface area (Å²) in [6.07, 6.45) is 4.08. The molecule has 1 fully saturated rings. The number of hydrogen-bond acceptors (Lipinski definition) is 3. The van der Waals surface area contributed by atoms with Crippen LogP contribution >= 0.6 is 38.9 Å². The van der Waals surface area contributed by atoms with Crippen LogP contribution in [0.15, 0.2) is 20.1 Å². The van der Waals surface area contributed by atoms with E-state index in [2.05, 4.69) is 20.7 Å². The van der Waals surface area contributed by atoms with Gasteiger partial charge in [0.15, 0.2) is 0 Å². The first-order valence-corrected chi connectivity index (χ1v) is 9.45. The molecule has 1 aromatic heterocycles. The van der Waals surface area contributed by atoms with Crippen LogP contribution < -0.4 is 4.72 Å². The zero-order valence-corrected chi connectivity index (χ0v) is 13.7. The number of rotatable bonds is 4. The summed E-state index contributed by atoms with van der Waals surface area (Å²) >= 11 is 10.6. The molecule has 18 heavy (non-hydrogen) atoms. The zero-order valence-electron chi connectivity index (χ0n) is 9.73. The van der Waals surface area contributed by atoms with Gasteiger partial charge in [-0.1, -0.05) is 6.42 Å². The SMILES string of the molecule is O=S(=O)(NCC1CCCC(Cl)C1)c1sccc1Br. The standard InChI is InChI=1S/C11H15BrClNO2S2/c12-10-4-5-17-11(10)18(15,16)14-7-8-2-1-3-9(13)6-8/h4-5,8-9,14H,1-3,6-7H2. The summed E-state index contributed by atoms with van der Waals surface area (Å²) in [5, 5.41) is 1.95. The van der Waals surface area contributed by atoms with E-state index in [-0.39, 0.29) is 5.38 Å². The number of hydrogen-bond donors (Lipinski definition) is 1. The molecule has 0 aromatic carbocycles. The van der Waals surface area contributed by atoms with E-state index in [0.29, 0.717) is 21.1 Å². The molecule has 1 aliphatic rings. The van der Waals surface area contributed by atoms with Crippen LogP contribution in [0, 0.1) is 5.92 Å². The summed E-state index contributed by atoms with van der Waals surface area (Å²) in [6, 6.07) is 1.74. The van der Waals surface area contributed by atoms with Gasteiger partial charge in [0.1, 0.15) is 4.21 Å². The van der Waals surface area contributed by atoms with Gasteiger partial charge < -0.3 is 0 Å². The molecule has 0 radical (unpaired) electrons. The molecule has 1 saturated carbocycles. The van der Waals surface area contributed by atoms with Gasteiger partial charge in [-0.25, -0.2) is 13.1 Å². The molecule has 0 spiro atoms. The number of halogens is 2. The molecule has 1 N–H and O–H groups in total. The van der Waals surface area contributed by atoms with Gasteiger partial charge in [-0.3, -0.25) is 0 Å². The minimum Gasteiger partial charge on any atom is -0.210 e. The third kappa shape index (κ3) is 3.70. The lowest BCUT2D eigenvalue weighted by molar-refractivity contribution is 0.362. The van der Waals surface area contributed by atoms with Gasteiger partial charge in [0, 0.05) is 16.4 Å². The minimum atomic E-state index is -3.39. The highest BCUT2D eigenvalue weighted by Gasteiger charge is 2.24. The van der Waals surface area contributed by atoms with Crippen molar-refractivity contribution < 1.29 is 8.42 Å². The largest absolute Gasteiger partial charge is 0.251 e. The molecule has 0 aliphatic heterocycles. The van der Waals surface area contributed by atoms with Gasteiger partial charge in [0.2, 0.25) is 0 Å². The van der Waals surface area contributed by atoms with E-state index in [0.717, 1.165) is 25.7 Å². The second kappa shape index (κ2) is 6.22. The Bertz CT molecular complexity index is 503. The molecule has 7 heteroatoms. The van der Waals surface area contributed by atoms with Crippen LogP contribution in [0.25, 0.3) is 0 Å². The smallest absolute Gasteiger partial charge is 0.210 e. The Morgan fingerprint density at radius 3 is 2.89 bits per heavy atom. The van der Waals surface area contributed by atoms with E-state index in [1.165, 1.54) is 11.3 Å². The molecular weight excluding hydrogens is 358 g/mol. The first-order chi connectivity index (χ1) is 8.49. The molecule has 102 valence electrons. The van der Waals surface area contributed by atoms with Crippen molar-refractivity contribution in [3.8, 4) is 0 Å². The van der Waals surface area contributed by atoms with Crippen molar-refractivity contribution in [2.24, 2.45) is 5.92 Å². The molecule has 3 nitrogen and oxygen atoms in total. The summed E-state index contributed by atoms with van der Waals surface area (Å²) in [6.45, 7) is 0.482. The first kappa shape index (κ1) is 14.8. The van der Waals surface area contributed by atoms with Crippen LogP contribution in [-0.4, -0.2) is 20.3 Å². The summed E-state index contributed by atoms with van der Waals surface area (Å²) in [4.78, 5) is 0. The lowest BCUT2D eigenvalue weighted by atomic mass is 9.89. The molecule has 1 aliphatic carbocycles. The second-order valence-electron chi connectivity index (χ2n) is 4.54. The maximum atomic E-state index is 12.1. The van der Waals surface area contributed by atoms with Crippen LogP contribution in [0.3, 0.4) is 0 Å². The topological polar surface area (TPSA) is 46.2 Å². The summed E-state index contributed by atoms with van der Waals surface area (Å²) in [5.74, 6) is 0.356. The lowest BCUT2D eigenvalue weighted by Crippen LogP contribution is -2.31. The third-order valence-electron chi connectivity index (χ3n) is 3.11. The fraction of sp³-hybridized carbons (Fsp3) is 0.636. The van der Waals surface area contributed by atoms with Gasteiger partial charge in [0.05, 0.1) is 0 Å². The highest BCUT2D eigenvalue weighted by molar-refractivity contribution is 9.10. The summed E-state index contributed by atoms with van der Waals surface area (Å²) < 4.78 is 27.8. The Morgan fingerprint density at radius 2 is 2.28 bits per heavy atom. The lowest BCUT2D eigenvalue weighted by Gasteiger charge is -2.25. The maximum absolute atomic E-state index is 12.1. The van der Waals surface area contributed by atoms with Crippen molar-refractivity contribution in [1.29, 1.82) is 0 Å². The monoisotopic (exact) mass is 371 g/mol. The van der Waals surface area contributed by atoms with E-state index in [1.54, 1.807) is 11.4 Å². The van der Waals surface area contributed by atoms with Crippen LogP contribution in [-0.2, 0) is 10.0 Å². The van der Waals surface area contributed by atoms with E-state index in [9.17, 15) is 8.42 Å². The average molecular weight is 373 g/mol. The quantitative estimate of drug-likeness (QED) is 0.821. The van der Waals surface area contributed by atoms with Crippen molar-refractivity contribution in [3.05, 3.63) is 15.9 Å². The average Bonchev–Trinajstić information content (AvgIpc) is 2.74. The van der Waals surface area contributed by atoms with E-state index < -0.39 is 10.0 Å². The fourth-order valence-corrected chi connectivity index (χ4v) is 6.08. The summed E-state index contributed by atoms with van der Waals surface area (Å²) in [7, 11) is -3.39. The van der Waals surface area contributed by atoms with Crippen LogP contribution in [0.5, 0.6) is 0 Å². The first-order valence-electron chi connectivity index (χ1n) is 5.86. The van der Waals surface area contributed by atoms with Gasteiger partial charge in [-0.05, 0) is 52.6 Å². The fourth-order valence-electron chi connectivity index (χ4n) is 2.18. The molecule has 0 amide bonds. The van der Waals surface area contributed by atoms with Crippen molar-refractivity contribution in [3.63, 3.8) is 0 Å². The number of sulfonamides is 1. The van der Waals surface area contributed by atoms with Gasteiger partial charge >= 0.3 is 0 Å². The zero-order chi connectivity index (χ0) is 13.2. The predicted octanol–water partition coefficient (Wildman–Crippen LogP) is 3.59. The Labute approximate surface area is 125 Å². The molecule has 2 rings (SSSR count). The number of thiophene rings is 1. The Kier molecular flexibility index (Phi) is 5.11. The predicted molar refractivity (Wildman–Crippen MR) is 78.8 cm³/mol. The van der Waals surface area contributed by atoms with Crippen LogP contribution in [0.1, 0.15) is 25.7 Å². The number of nitrogens with one attached hydrogen (secondary N) is 1.